The molecule has 7 heteroatoms. The van der Waals surface area contributed by atoms with E-state index in [9.17, 15) is 14.0 Å². The Kier molecular flexibility index (Phi) is 6.06. The van der Waals surface area contributed by atoms with Gasteiger partial charge in [-0.25, -0.2) is 4.39 Å². The van der Waals surface area contributed by atoms with Crippen molar-refractivity contribution >= 4 is 11.8 Å². The number of benzene rings is 1. The van der Waals surface area contributed by atoms with Gasteiger partial charge in [0.25, 0.3) is 5.91 Å². The van der Waals surface area contributed by atoms with E-state index in [1.807, 2.05) is 0 Å². The van der Waals surface area contributed by atoms with Crippen molar-refractivity contribution in [3.8, 4) is 0 Å². The molecule has 4 N–H and O–H groups in total. The molecule has 1 aliphatic rings. The van der Waals surface area contributed by atoms with Gasteiger partial charge >= 0.3 is 0 Å². The predicted molar refractivity (Wildman–Crippen MR) is 83.3 cm³/mol. The van der Waals surface area contributed by atoms with Crippen LogP contribution in [0.4, 0.5) is 4.39 Å². The molecule has 1 fully saturated rings. The summed E-state index contributed by atoms with van der Waals surface area (Å²) in [6.07, 6.45) is 1.22. The van der Waals surface area contributed by atoms with Crippen LogP contribution in [-0.2, 0) is 9.53 Å². The Bertz CT molecular complexity index is 542. The van der Waals surface area contributed by atoms with E-state index in [0.29, 0.717) is 44.7 Å². The molecule has 1 aromatic carbocycles. The molecule has 1 saturated heterocycles. The number of hydrogen-bond acceptors (Lipinski definition) is 4. The Morgan fingerprint density at radius 3 is 2.35 bits per heavy atom. The van der Waals surface area contributed by atoms with E-state index < -0.39 is 11.2 Å². The van der Waals surface area contributed by atoms with Crippen LogP contribution in [0.1, 0.15) is 23.2 Å². The molecule has 2 rings (SSSR count). The number of hydrogen-bond donors (Lipinski definition) is 3. The molecule has 0 atom stereocenters. The normalized spacial score (nSPS) is 16.6. The second kappa shape index (κ2) is 8.03. The van der Waals surface area contributed by atoms with Crippen LogP contribution in [0.2, 0.25) is 0 Å². The van der Waals surface area contributed by atoms with Gasteiger partial charge in [-0.2, -0.15) is 0 Å². The van der Waals surface area contributed by atoms with Crippen LogP contribution in [0.3, 0.4) is 0 Å². The molecular formula is C16H22FN3O3. The number of carbonyl (C=O) groups is 2. The number of rotatable bonds is 6. The molecule has 0 aromatic heterocycles. The number of amides is 2. The number of halogens is 1. The molecule has 1 aliphatic heterocycles. The summed E-state index contributed by atoms with van der Waals surface area (Å²) in [5, 5.41) is 5.49. The second-order valence-corrected chi connectivity index (χ2v) is 5.62. The maximum Gasteiger partial charge on any atom is 0.251 e. The van der Waals surface area contributed by atoms with Gasteiger partial charge in [-0.3, -0.25) is 9.59 Å². The fourth-order valence-corrected chi connectivity index (χ4v) is 2.53. The molecule has 0 radical (unpaired) electrons. The molecule has 2 amide bonds. The maximum absolute atomic E-state index is 12.8. The third kappa shape index (κ3) is 4.49. The van der Waals surface area contributed by atoms with Crippen LogP contribution in [0.15, 0.2) is 24.3 Å². The smallest absolute Gasteiger partial charge is 0.251 e. The highest BCUT2D eigenvalue weighted by Crippen LogP contribution is 2.29. The largest absolute Gasteiger partial charge is 0.381 e. The van der Waals surface area contributed by atoms with Crippen molar-refractivity contribution in [2.24, 2.45) is 11.1 Å². The minimum atomic E-state index is -0.570. The summed E-state index contributed by atoms with van der Waals surface area (Å²) in [5.74, 6) is -0.796. The molecule has 23 heavy (non-hydrogen) atoms. The van der Waals surface area contributed by atoms with E-state index in [4.69, 9.17) is 10.5 Å². The van der Waals surface area contributed by atoms with Gasteiger partial charge in [0.05, 0.1) is 5.41 Å². The third-order valence-electron chi connectivity index (χ3n) is 4.12. The van der Waals surface area contributed by atoms with Crippen molar-refractivity contribution in [3.63, 3.8) is 0 Å². The van der Waals surface area contributed by atoms with Gasteiger partial charge in [0, 0.05) is 38.4 Å². The fraction of sp³-hybridized carbons (Fsp3) is 0.500. The molecule has 126 valence electrons. The van der Waals surface area contributed by atoms with Crippen molar-refractivity contribution in [3.05, 3.63) is 35.6 Å². The van der Waals surface area contributed by atoms with Crippen molar-refractivity contribution in [2.75, 3.05) is 32.8 Å². The van der Waals surface area contributed by atoms with Crippen LogP contribution in [0, 0.1) is 11.2 Å². The highest BCUT2D eigenvalue weighted by atomic mass is 19.1. The zero-order valence-electron chi connectivity index (χ0n) is 12.9. The minimum Gasteiger partial charge on any atom is -0.381 e. The van der Waals surface area contributed by atoms with Crippen molar-refractivity contribution < 1.29 is 18.7 Å². The van der Waals surface area contributed by atoms with Gasteiger partial charge in [0.1, 0.15) is 5.82 Å². The minimum absolute atomic E-state index is 0.0978. The topological polar surface area (TPSA) is 93.5 Å². The average molecular weight is 323 g/mol. The van der Waals surface area contributed by atoms with Crippen LogP contribution in [0.5, 0.6) is 0 Å². The number of ether oxygens (including phenoxy) is 1. The molecule has 0 aliphatic carbocycles. The van der Waals surface area contributed by atoms with Crippen LogP contribution < -0.4 is 16.4 Å². The highest BCUT2D eigenvalue weighted by molar-refractivity contribution is 5.94. The van der Waals surface area contributed by atoms with Gasteiger partial charge in [-0.1, -0.05) is 0 Å². The SMILES string of the molecule is NCC1(C(=O)NCCNC(=O)c2ccc(F)cc2)CCOCC1. The summed E-state index contributed by atoms with van der Waals surface area (Å²) in [5.41, 5.74) is 5.57. The van der Waals surface area contributed by atoms with Crippen LogP contribution >= 0.6 is 0 Å². The van der Waals surface area contributed by atoms with E-state index in [1.54, 1.807) is 0 Å². The number of nitrogens with two attached hydrogens (primary N) is 1. The van der Waals surface area contributed by atoms with Crippen molar-refractivity contribution in [1.82, 2.24) is 10.6 Å². The van der Waals surface area contributed by atoms with Crippen molar-refractivity contribution in [1.29, 1.82) is 0 Å². The van der Waals surface area contributed by atoms with Gasteiger partial charge in [-0.15, -0.1) is 0 Å². The molecule has 0 saturated carbocycles. The van der Waals surface area contributed by atoms with Crippen LogP contribution in [0.25, 0.3) is 0 Å². The zero-order valence-corrected chi connectivity index (χ0v) is 12.9. The van der Waals surface area contributed by atoms with E-state index in [2.05, 4.69) is 10.6 Å². The molecule has 1 heterocycles. The van der Waals surface area contributed by atoms with Gasteiger partial charge in [-0.05, 0) is 37.1 Å². The van der Waals surface area contributed by atoms with Gasteiger partial charge < -0.3 is 21.1 Å². The zero-order chi connectivity index (χ0) is 16.7. The Hall–Kier alpha value is -1.99. The predicted octanol–water partition coefficient (Wildman–Crippen LogP) is 0.427. The monoisotopic (exact) mass is 323 g/mol. The van der Waals surface area contributed by atoms with E-state index in [-0.39, 0.29) is 18.4 Å². The molecule has 0 bridgehead atoms. The fourth-order valence-electron chi connectivity index (χ4n) is 2.53. The Morgan fingerprint density at radius 2 is 1.74 bits per heavy atom. The summed E-state index contributed by atoms with van der Waals surface area (Å²) in [6, 6.07) is 5.28. The van der Waals surface area contributed by atoms with E-state index in [1.165, 1.54) is 24.3 Å². The van der Waals surface area contributed by atoms with Crippen molar-refractivity contribution in [2.45, 2.75) is 12.8 Å². The lowest BCUT2D eigenvalue weighted by molar-refractivity contribution is -0.135. The molecule has 0 spiro atoms. The lowest BCUT2D eigenvalue weighted by atomic mass is 9.79. The quantitative estimate of drug-likeness (QED) is 0.662. The third-order valence-corrected chi connectivity index (χ3v) is 4.12. The standard InChI is InChI=1S/C16H22FN3O3/c17-13-3-1-12(2-4-13)14(21)19-7-8-20-15(22)16(11-18)5-9-23-10-6-16/h1-4H,5-11,18H2,(H,19,21)(H,20,22). The summed E-state index contributed by atoms with van der Waals surface area (Å²) in [6.45, 7) is 1.95. The molecule has 1 aromatic rings. The average Bonchev–Trinajstić information content (AvgIpc) is 2.59. The first-order valence-electron chi connectivity index (χ1n) is 7.67. The number of nitrogens with one attached hydrogen (secondary N) is 2. The summed E-state index contributed by atoms with van der Waals surface area (Å²) >= 11 is 0. The molecule has 0 unspecified atom stereocenters. The first kappa shape index (κ1) is 17.4. The van der Waals surface area contributed by atoms with Crippen LogP contribution in [-0.4, -0.2) is 44.7 Å². The first-order valence-corrected chi connectivity index (χ1v) is 7.67. The summed E-state index contributed by atoms with van der Waals surface area (Å²) < 4.78 is 18.1. The molecule has 6 nitrogen and oxygen atoms in total. The van der Waals surface area contributed by atoms with E-state index >= 15 is 0 Å². The first-order chi connectivity index (χ1) is 11.1. The summed E-state index contributed by atoms with van der Waals surface area (Å²) in [4.78, 5) is 24.1. The van der Waals surface area contributed by atoms with Gasteiger partial charge in [0.2, 0.25) is 5.91 Å². The van der Waals surface area contributed by atoms with E-state index in [0.717, 1.165) is 0 Å². The lowest BCUT2D eigenvalue weighted by Crippen LogP contribution is -2.50. The van der Waals surface area contributed by atoms with Gasteiger partial charge in [0.15, 0.2) is 0 Å². The highest BCUT2D eigenvalue weighted by Gasteiger charge is 2.38. The Morgan fingerprint density at radius 1 is 1.13 bits per heavy atom. The maximum atomic E-state index is 12.8. The number of carbonyl (C=O) groups excluding carboxylic acids is 2. The molecular weight excluding hydrogens is 301 g/mol. The lowest BCUT2D eigenvalue weighted by Gasteiger charge is -2.34. The Balaban J connectivity index is 1.75. The summed E-state index contributed by atoms with van der Waals surface area (Å²) in [7, 11) is 0. The Labute approximate surface area is 134 Å². The second-order valence-electron chi connectivity index (χ2n) is 5.62.